The Balaban J connectivity index is 1.91. The Hall–Kier alpha value is -0.380. The van der Waals surface area contributed by atoms with E-state index in [2.05, 4.69) is 31.3 Å². The number of rotatable bonds is 3. The van der Waals surface area contributed by atoms with Gasteiger partial charge in [-0.3, -0.25) is 0 Å². The fraction of sp³-hybridized carbons (Fsp3) is 0.636. The highest BCUT2D eigenvalue weighted by Crippen LogP contribution is 2.23. The van der Waals surface area contributed by atoms with Gasteiger partial charge < -0.3 is 10.1 Å². The average molecular weight is 211 g/mol. The van der Waals surface area contributed by atoms with Crippen LogP contribution in [0.2, 0.25) is 0 Å². The van der Waals surface area contributed by atoms with Crippen molar-refractivity contribution in [3.05, 3.63) is 21.9 Å². The van der Waals surface area contributed by atoms with Crippen LogP contribution in [-0.2, 0) is 4.74 Å². The normalized spacial score (nSPS) is 24.0. The maximum absolute atomic E-state index is 5.34. The lowest BCUT2D eigenvalue weighted by Crippen LogP contribution is -2.31. The fourth-order valence-corrected chi connectivity index (χ4v) is 2.68. The first kappa shape index (κ1) is 10.1. The summed E-state index contributed by atoms with van der Waals surface area (Å²) in [5, 5.41) is 3.59. The number of ether oxygens (including phenoxy) is 1. The Kier molecular flexibility index (Phi) is 3.21. The van der Waals surface area contributed by atoms with Gasteiger partial charge in [-0.15, -0.1) is 11.3 Å². The predicted molar refractivity (Wildman–Crippen MR) is 59.8 cm³/mol. The first-order chi connectivity index (χ1) is 6.75. The maximum Gasteiger partial charge on any atom is 0.0620 e. The van der Waals surface area contributed by atoms with Crippen molar-refractivity contribution in [1.29, 1.82) is 0 Å². The molecule has 0 amide bonds. The van der Waals surface area contributed by atoms with Crippen LogP contribution in [0.1, 0.15) is 29.1 Å². The standard InChI is InChI=1S/C11H17NOS/c1-8-3-4-11(14-8)9(2)12-10-5-6-13-7-10/h3-4,9-10,12H,5-7H2,1-2H3. The molecule has 78 valence electrons. The monoisotopic (exact) mass is 211 g/mol. The Morgan fingerprint density at radius 2 is 2.43 bits per heavy atom. The van der Waals surface area contributed by atoms with Gasteiger partial charge in [0.25, 0.3) is 0 Å². The van der Waals surface area contributed by atoms with E-state index in [0.717, 1.165) is 19.6 Å². The molecule has 1 aliphatic rings. The van der Waals surface area contributed by atoms with E-state index in [1.54, 1.807) is 0 Å². The molecule has 1 aromatic rings. The summed E-state index contributed by atoms with van der Waals surface area (Å²) >= 11 is 1.88. The predicted octanol–water partition coefficient (Wildman–Crippen LogP) is 2.50. The number of thiophene rings is 1. The molecule has 2 rings (SSSR count). The summed E-state index contributed by atoms with van der Waals surface area (Å²) < 4.78 is 5.34. The highest BCUT2D eigenvalue weighted by atomic mass is 32.1. The molecule has 0 aliphatic carbocycles. The zero-order valence-corrected chi connectivity index (χ0v) is 9.56. The van der Waals surface area contributed by atoms with Crippen LogP contribution in [0.25, 0.3) is 0 Å². The average Bonchev–Trinajstić information content (AvgIpc) is 2.75. The molecule has 1 saturated heterocycles. The van der Waals surface area contributed by atoms with Crippen molar-refractivity contribution in [1.82, 2.24) is 5.32 Å². The summed E-state index contributed by atoms with van der Waals surface area (Å²) in [5.74, 6) is 0. The first-order valence-electron chi connectivity index (χ1n) is 5.16. The molecule has 14 heavy (non-hydrogen) atoms. The van der Waals surface area contributed by atoms with E-state index in [1.165, 1.54) is 9.75 Å². The lowest BCUT2D eigenvalue weighted by atomic mass is 10.2. The Bertz CT molecular complexity index is 291. The van der Waals surface area contributed by atoms with Crippen LogP contribution in [0.3, 0.4) is 0 Å². The van der Waals surface area contributed by atoms with Gasteiger partial charge in [0.1, 0.15) is 0 Å². The fourth-order valence-electron chi connectivity index (χ4n) is 1.79. The molecule has 2 unspecified atom stereocenters. The third kappa shape index (κ3) is 2.35. The van der Waals surface area contributed by atoms with Crippen LogP contribution in [0.15, 0.2) is 12.1 Å². The van der Waals surface area contributed by atoms with Crippen molar-refractivity contribution in [2.24, 2.45) is 0 Å². The van der Waals surface area contributed by atoms with Crippen molar-refractivity contribution >= 4 is 11.3 Å². The second-order valence-corrected chi connectivity index (χ2v) is 5.22. The van der Waals surface area contributed by atoms with E-state index < -0.39 is 0 Å². The van der Waals surface area contributed by atoms with E-state index in [4.69, 9.17) is 4.74 Å². The maximum atomic E-state index is 5.34. The zero-order valence-electron chi connectivity index (χ0n) is 8.75. The van der Waals surface area contributed by atoms with Crippen molar-refractivity contribution in [2.75, 3.05) is 13.2 Å². The topological polar surface area (TPSA) is 21.3 Å². The molecule has 2 nitrogen and oxygen atoms in total. The van der Waals surface area contributed by atoms with E-state index >= 15 is 0 Å². The Morgan fingerprint density at radius 1 is 1.57 bits per heavy atom. The summed E-state index contributed by atoms with van der Waals surface area (Å²) in [7, 11) is 0. The quantitative estimate of drug-likeness (QED) is 0.829. The van der Waals surface area contributed by atoms with Crippen LogP contribution in [0.4, 0.5) is 0 Å². The van der Waals surface area contributed by atoms with Crippen molar-refractivity contribution in [3.63, 3.8) is 0 Å². The number of nitrogens with one attached hydrogen (secondary N) is 1. The molecule has 0 aromatic carbocycles. The SMILES string of the molecule is Cc1ccc(C(C)NC2CCOC2)s1. The van der Waals surface area contributed by atoms with Gasteiger partial charge in [-0.05, 0) is 32.4 Å². The van der Waals surface area contributed by atoms with Gasteiger partial charge >= 0.3 is 0 Å². The first-order valence-corrected chi connectivity index (χ1v) is 5.97. The molecule has 1 aromatic heterocycles. The molecule has 0 radical (unpaired) electrons. The van der Waals surface area contributed by atoms with Gasteiger partial charge in [0, 0.05) is 28.4 Å². The van der Waals surface area contributed by atoms with Crippen molar-refractivity contribution < 1.29 is 4.74 Å². The largest absolute Gasteiger partial charge is 0.380 e. The second kappa shape index (κ2) is 4.43. The smallest absolute Gasteiger partial charge is 0.0620 e. The molecule has 2 atom stereocenters. The molecule has 1 N–H and O–H groups in total. The van der Waals surface area contributed by atoms with Gasteiger partial charge in [-0.25, -0.2) is 0 Å². The second-order valence-electron chi connectivity index (χ2n) is 3.90. The third-order valence-electron chi connectivity index (χ3n) is 2.60. The summed E-state index contributed by atoms with van der Waals surface area (Å²) in [4.78, 5) is 2.81. The van der Waals surface area contributed by atoms with Crippen LogP contribution >= 0.6 is 11.3 Å². The number of aryl methyl sites for hydroxylation is 1. The van der Waals surface area contributed by atoms with Crippen molar-refractivity contribution in [3.8, 4) is 0 Å². The van der Waals surface area contributed by atoms with Crippen LogP contribution in [-0.4, -0.2) is 19.3 Å². The lowest BCUT2D eigenvalue weighted by Gasteiger charge is -2.16. The highest BCUT2D eigenvalue weighted by Gasteiger charge is 2.18. The molecule has 1 aliphatic heterocycles. The van der Waals surface area contributed by atoms with Gasteiger partial charge in [-0.1, -0.05) is 0 Å². The van der Waals surface area contributed by atoms with E-state index in [0.29, 0.717) is 12.1 Å². The molecule has 3 heteroatoms. The Labute approximate surface area is 89.3 Å². The van der Waals surface area contributed by atoms with Crippen molar-refractivity contribution in [2.45, 2.75) is 32.4 Å². The molecular weight excluding hydrogens is 194 g/mol. The van der Waals surface area contributed by atoms with Crippen LogP contribution in [0, 0.1) is 6.92 Å². The summed E-state index contributed by atoms with van der Waals surface area (Å²) in [6, 6.07) is 5.41. The molecule has 0 saturated carbocycles. The molecular formula is C11H17NOS. The molecule has 1 fully saturated rings. The van der Waals surface area contributed by atoms with Gasteiger partial charge in [0.05, 0.1) is 6.61 Å². The summed E-state index contributed by atoms with van der Waals surface area (Å²) in [6.07, 6.45) is 1.15. The van der Waals surface area contributed by atoms with E-state index in [9.17, 15) is 0 Å². The van der Waals surface area contributed by atoms with Gasteiger partial charge in [0.15, 0.2) is 0 Å². The highest BCUT2D eigenvalue weighted by molar-refractivity contribution is 7.12. The van der Waals surface area contributed by atoms with E-state index in [-0.39, 0.29) is 0 Å². The van der Waals surface area contributed by atoms with Gasteiger partial charge in [0.2, 0.25) is 0 Å². The number of hydrogen-bond donors (Lipinski definition) is 1. The summed E-state index contributed by atoms with van der Waals surface area (Å²) in [5.41, 5.74) is 0. The van der Waals surface area contributed by atoms with Gasteiger partial charge in [-0.2, -0.15) is 0 Å². The minimum absolute atomic E-state index is 0.459. The molecule has 2 heterocycles. The minimum atomic E-state index is 0.459. The summed E-state index contributed by atoms with van der Waals surface area (Å²) in [6.45, 7) is 6.16. The van der Waals surface area contributed by atoms with Crippen LogP contribution in [0.5, 0.6) is 0 Å². The minimum Gasteiger partial charge on any atom is -0.380 e. The number of hydrogen-bond acceptors (Lipinski definition) is 3. The Morgan fingerprint density at radius 3 is 3.00 bits per heavy atom. The van der Waals surface area contributed by atoms with Crippen LogP contribution < -0.4 is 5.32 Å². The molecule has 0 bridgehead atoms. The molecule has 0 spiro atoms. The van der Waals surface area contributed by atoms with E-state index in [1.807, 2.05) is 11.3 Å². The zero-order chi connectivity index (χ0) is 9.97. The lowest BCUT2D eigenvalue weighted by molar-refractivity contribution is 0.188. The third-order valence-corrected chi connectivity index (χ3v) is 3.79.